The molecule has 0 saturated heterocycles. The van der Waals surface area contributed by atoms with Crippen LogP contribution in [-0.4, -0.2) is 60.8 Å². The van der Waals surface area contributed by atoms with Gasteiger partial charge in [-0.05, 0) is 32.4 Å². The number of aliphatic imine (C=N–C) groups is 3. The number of nitrogens with zero attached hydrogens (tertiary/aromatic N) is 3. The minimum absolute atomic E-state index is 0.0331. The Balaban J connectivity index is 4.45. The second-order valence-corrected chi connectivity index (χ2v) is 5.00. The van der Waals surface area contributed by atoms with Crippen LogP contribution in [0, 0.1) is 0 Å². The third-order valence-electron chi connectivity index (χ3n) is 3.01. The van der Waals surface area contributed by atoms with Gasteiger partial charge in [-0.2, -0.15) is 0 Å². The summed E-state index contributed by atoms with van der Waals surface area (Å²) in [6, 6.07) is -1.81. The van der Waals surface area contributed by atoms with Crippen LogP contribution in [0.2, 0.25) is 0 Å². The van der Waals surface area contributed by atoms with E-state index in [4.69, 9.17) is 28.0 Å². The molecule has 2 atom stereocenters. The lowest BCUT2D eigenvalue weighted by molar-refractivity contribution is -0.142. The lowest BCUT2D eigenvalue weighted by Gasteiger charge is -2.17. The van der Waals surface area contributed by atoms with Gasteiger partial charge in [0.2, 0.25) is 5.91 Å². The number of carboxylic acid groups (broad SMARTS) is 1. The number of guanidine groups is 2. The average Bonchev–Trinajstić information content (AvgIpc) is 2.49. The van der Waals surface area contributed by atoms with E-state index in [0.29, 0.717) is 25.8 Å². The first-order valence-corrected chi connectivity index (χ1v) is 7.37. The molecule has 10 N–H and O–H groups in total. The minimum Gasteiger partial charge on any atom is -0.480 e. The fraction of sp³-hybridized carbons (Fsp3) is 0.615. The largest absolute Gasteiger partial charge is 0.480 e. The highest BCUT2D eigenvalue weighted by atomic mass is 16.4. The molecule has 0 rings (SSSR count). The number of rotatable bonds is 12. The summed E-state index contributed by atoms with van der Waals surface area (Å²) < 4.78 is 0. The molecular weight excluding hydrogens is 316 g/mol. The van der Waals surface area contributed by atoms with Gasteiger partial charge in [0, 0.05) is 13.1 Å². The predicted molar refractivity (Wildman–Crippen MR) is 92.7 cm³/mol. The zero-order chi connectivity index (χ0) is 18.5. The Morgan fingerprint density at radius 2 is 1.50 bits per heavy atom. The van der Waals surface area contributed by atoms with E-state index in [-0.39, 0.29) is 24.9 Å². The van der Waals surface area contributed by atoms with Crippen LogP contribution in [0.5, 0.6) is 0 Å². The van der Waals surface area contributed by atoms with Crippen molar-refractivity contribution in [1.82, 2.24) is 5.32 Å². The summed E-state index contributed by atoms with van der Waals surface area (Å²) >= 11 is 0. The van der Waals surface area contributed by atoms with Crippen LogP contribution in [0.3, 0.4) is 0 Å². The summed E-state index contributed by atoms with van der Waals surface area (Å²) in [6.07, 6.45) is 1.46. The van der Waals surface area contributed by atoms with Gasteiger partial charge in [-0.3, -0.25) is 19.8 Å². The maximum absolute atomic E-state index is 12.1. The molecule has 0 aliphatic rings. The van der Waals surface area contributed by atoms with Gasteiger partial charge < -0.3 is 33.4 Å². The Morgan fingerprint density at radius 3 is 1.92 bits per heavy atom. The van der Waals surface area contributed by atoms with Crippen LogP contribution in [-0.2, 0) is 9.59 Å². The second-order valence-electron chi connectivity index (χ2n) is 5.00. The molecule has 2 unspecified atom stereocenters. The Labute approximate surface area is 140 Å². The lowest BCUT2D eigenvalue weighted by atomic mass is 10.1. The molecule has 0 saturated carbocycles. The van der Waals surface area contributed by atoms with E-state index in [9.17, 15) is 9.59 Å². The van der Waals surface area contributed by atoms with E-state index < -0.39 is 24.0 Å². The van der Waals surface area contributed by atoms with Gasteiger partial charge >= 0.3 is 5.97 Å². The number of amides is 1. The van der Waals surface area contributed by atoms with E-state index in [1.807, 2.05) is 0 Å². The van der Waals surface area contributed by atoms with Crippen molar-refractivity contribution in [2.45, 2.75) is 37.8 Å². The Hall–Kier alpha value is -2.85. The number of carbonyl (C=O) groups excluding carboxylic acids is 1. The summed E-state index contributed by atoms with van der Waals surface area (Å²) in [4.78, 5) is 34.6. The van der Waals surface area contributed by atoms with Gasteiger partial charge in [0.05, 0.1) is 0 Å². The number of nitrogens with one attached hydrogen (secondary N) is 1. The van der Waals surface area contributed by atoms with Gasteiger partial charge in [0.25, 0.3) is 0 Å². The number of carboxylic acids is 1. The van der Waals surface area contributed by atoms with Crippen molar-refractivity contribution in [3.8, 4) is 0 Å². The van der Waals surface area contributed by atoms with E-state index in [0.717, 1.165) is 0 Å². The fourth-order valence-corrected chi connectivity index (χ4v) is 1.83. The molecule has 0 aromatic carbocycles. The molecule has 0 aromatic rings. The second kappa shape index (κ2) is 11.7. The van der Waals surface area contributed by atoms with E-state index >= 15 is 0 Å². The molecule has 0 spiro atoms. The van der Waals surface area contributed by atoms with Crippen molar-refractivity contribution < 1.29 is 14.7 Å². The highest BCUT2D eigenvalue weighted by molar-refractivity contribution is 5.87. The quantitative estimate of drug-likeness (QED) is 0.130. The van der Waals surface area contributed by atoms with Gasteiger partial charge in [0.1, 0.15) is 12.1 Å². The number of carbonyl (C=O) groups is 2. The minimum atomic E-state index is -1.14. The predicted octanol–water partition coefficient (Wildman–Crippen LogP) is -2.27. The molecule has 11 heteroatoms. The van der Waals surface area contributed by atoms with Gasteiger partial charge in [-0.15, -0.1) is 0 Å². The maximum atomic E-state index is 12.1. The van der Waals surface area contributed by atoms with Crippen molar-refractivity contribution >= 4 is 30.5 Å². The summed E-state index contributed by atoms with van der Waals surface area (Å²) in [5.41, 5.74) is 20.8. The molecule has 0 aliphatic heterocycles. The normalized spacial score (nSPS) is 12.5. The molecule has 0 radical (unpaired) electrons. The zero-order valence-corrected chi connectivity index (χ0v) is 13.5. The molecule has 24 heavy (non-hydrogen) atoms. The van der Waals surface area contributed by atoms with E-state index in [1.54, 1.807) is 0 Å². The van der Waals surface area contributed by atoms with Gasteiger partial charge in [-0.1, -0.05) is 0 Å². The molecule has 0 heterocycles. The molecule has 136 valence electrons. The van der Waals surface area contributed by atoms with Gasteiger partial charge in [0.15, 0.2) is 11.9 Å². The van der Waals surface area contributed by atoms with Crippen molar-refractivity contribution in [2.24, 2.45) is 37.9 Å². The van der Waals surface area contributed by atoms with Gasteiger partial charge in [-0.25, -0.2) is 4.79 Å². The first kappa shape index (κ1) is 21.1. The monoisotopic (exact) mass is 342 g/mol. The first-order chi connectivity index (χ1) is 11.3. The average molecular weight is 342 g/mol. The lowest BCUT2D eigenvalue weighted by Crippen LogP contribution is -2.45. The SMILES string of the molecule is C=NC(CCCN=C(N)N)C(=O)NC(CCCN=C(N)N)C(=O)O. The molecule has 11 nitrogen and oxygen atoms in total. The standard InChI is InChI=1S/C13H26N8O3/c1-18-8(4-2-6-19-12(14)15)10(22)21-9(11(23)24)5-3-7-20-13(16)17/h8-9H,1-7H2,(H,21,22)(H,23,24)(H4,14,15,19)(H4,16,17,20). The topological polar surface area (TPSA) is 208 Å². The maximum Gasteiger partial charge on any atom is 0.326 e. The number of aliphatic carboxylic acids is 1. The molecule has 0 fully saturated rings. The number of nitrogens with two attached hydrogens (primary N) is 4. The molecule has 1 amide bonds. The summed E-state index contributed by atoms with van der Waals surface area (Å²) in [5.74, 6) is -1.75. The van der Waals surface area contributed by atoms with Crippen molar-refractivity contribution in [3.05, 3.63) is 0 Å². The summed E-state index contributed by atoms with van der Waals surface area (Å²) in [7, 11) is 0. The summed E-state index contributed by atoms with van der Waals surface area (Å²) in [6.45, 7) is 3.99. The summed E-state index contributed by atoms with van der Waals surface area (Å²) in [5, 5.41) is 11.6. The Morgan fingerprint density at radius 1 is 1.00 bits per heavy atom. The molecule has 0 bridgehead atoms. The molecule has 0 aromatic heterocycles. The third-order valence-corrected chi connectivity index (χ3v) is 3.01. The van der Waals surface area contributed by atoms with Crippen molar-refractivity contribution in [3.63, 3.8) is 0 Å². The molecular formula is C13H26N8O3. The zero-order valence-electron chi connectivity index (χ0n) is 13.5. The van der Waals surface area contributed by atoms with Crippen molar-refractivity contribution in [1.29, 1.82) is 0 Å². The van der Waals surface area contributed by atoms with Crippen LogP contribution in [0.15, 0.2) is 15.0 Å². The van der Waals surface area contributed by atoms with Crippen LogP contribution >= 0.6 is 0 Å². The van der Waals surface area contributed by atoms with E-state index in [1.165, 1.54) is 0 Å². The highest BCUT2D eigenvalue weighted by Gasteiger charge is 2.23. The highest BCUT2D eigenvalue weighted by Crippen LogP contribution is 2.05. The third kappa shape index (κ3) is 9.97. The van der Waals surface area contributed by atoms with Crippen molar-refractivity contribution in [2.75, 3.05) is 13.1 Å². The smallest absolute Gasteiger partial charge is 0.326 e. The first-order valence-electron chi connectivity index (χ1n) is 7.37. The molecule has 0 aliphatic carbocycles. The van der Waals surface area contributed by atoms with Crippen LogP contribution in [0.1, 0.15) is 25.7 Å². The number of hydrogen-bond acceptors (Lipinski definition) is 5. The van der Waals surface area contributed by atoms with Crippen LogP contribution in [0.25, 0.3) is 0 Å². The Bertz CT molecular complexity index is 484. The van der Waals surface area contributed by atoms with Crippen LogP contribution < -0.4 is 28.3 Å². The van der Waals surface area contributed by atoms with Crippen LogP contribution in [0.4, 0.5) is 0 Å². The fourth-order valence-electron chi connectivity index (χ4n) is 1.83. The number of hydrogen-bond donors (Lipinski definition) is 6. The Kier molecular flexibility index (Phi) is 10.3. The van der Waals surface area contributed by atoms with E-state index in [2.05, 4.69) is 27.0 Å².